The third-order valence-electron chi connectivity index (χ3n) is 4.69. The molecular formula is C23H20N4O3S2. The van der Waals surface area contributed by atoms with Crippen molar-refractivity contribution < 1.29 is 13.2 Å². The number of para-hydroxylation sites is 1. The summed E-state index contributed by atoms with van der Waals surface area (Å²) in [6.45, 7) is 1.79. The Labute approximate surface area is 190 Å². The highest BCUT2D eigenvalue weighted by atomic mass is 32.2. The smallest absolute Gasteiger partial charge is 0.273 e. The van der Waals surface area contributed by atoms with Crippen LogP contribution in [0.4, 0.5) is 5.69 Å². The van der Waals surface area contributed by atoms with Gasteiger partial charge in [-0.05, 0) is 60.3 Å². The van der Waals surface area contributed by atoms with E-state index < -0.39 is 15.9 Å². The molecule has 0 aliphatic heterocycles. The molecule has 0 bridgehead atoms. The first-order valence-electron chi connectivity index (χ1n) is 9.68. The first kappa shape index (κ1) is 21.5. The Morgan fingerprint density at radius 1 is 0.938 bits per heavy atom. The van der Waals surface area contributed by atoms with Crippen molar-refractivity contribution in [3.8, 4) is 5.69 Å². The second-order valence-electron chi connectivity index (χ2n) is 6.86. The summed E-state index contributed by atoms with van der Waals surface area (Å²) in [5, 5.41) is 5.86. The van der Waals surface area contributed by atoms with E-state index in [2.05, 4.69) is 15.2 Å². The van der Waals surface area contributed by atoms with Crippen molar-refractivity contribution in [1.82, 2.24) is 9.99 Å². The fraction of sp³-hybridized carbons (Fsp3) is 0.0435. The molecule has 9 heteroatoms. The molecule has 0 radical (unpaired) electrons. The number of nitrogens with one attached hydrogen (secondary N) is 2. The lowest BCUT2D eigenvalue weighted by Crippen LogP contribution is -2.22. The van der Waals surface area contributed by atoms with Crippen LogP contribution in [0.2, 0.25) is 0 Å². The van der Waals surface area contributed by atoms with Crippen LogP contribution in [0, 0.1) is 0 Å². The van der Waals surface area contributed by atoms with E-state index in [0.29, 0.717) is 5.71 Å². The van der Waals surface area contributed by atoms with Gasteiger partial charge in [-0.1, -0.05) is 30.3 Å². The first-order valence-corrected chi connectivity index (χ1v) is 12.0. The molecule has 1 amide bonds. The molecule has 162 valence electrons. The Balaban J connectivity index is 1.49. The van der Waals surface area contributed by atoms with Crippen LogP contribution in [0.5, 0.6) is 0 Å². The molecule has 0 unspecified atom stereocenters. The molecule has 2 N–H and O–H groups in total. The summed E-state index contributed by atoms with van der Waals surface area (Å²) in [5.41, 5.74) is 5.36. The predicted octanol–water partition coefficient (Wildman–Crippen LogP) is 4.49. The average molecular weight is 465 g/mol. The number of hydrogen-bond acceptors (Lipinski definition) is 5. The maximum absolute atomic E-state index is 12.7. The van der Waals surface area contributed by atoms with E-state index in [1.165, 1.54) is 12.1 Å². The van der Waals surface area contributed by atoms with Gasteiger partial charge in [0.25, 0.3) is 15.9 Å². The van der Waals surface area contributed by atoms with Gasteiger partial charge in [-0.2, -0.15) is 5.10 Å². The number of hydrogen-bond donors (Lipinski definition) is 2. The number of nitrogens with zero attached hydrogens (tertiary/aromatic N) is 2. The van der Waals surface area contributed by atoms with Gasteiger partial charge in [0, 0.05) is 18.1 Å². The molecular weight excluding hydrogens is 444 g/mol. The van der Waals surface area contributed by atoms with E-state index in [1.807, 2.05) is 53.4 Å². The molecule has 0 aliphatic rings. The SMILES string of the molecule is C/C(=N/NC(=O)c1ccccc1NS(=O)(=O)c1cccs1)c1ccc(-n2cccc2)cc1. The number of hydrazone groups is 1. The summed E-state index contributed by atoms with van der Waals surface area (Å²) < 4.78 is 29.7. The Bertz CT molecular complexity index is 1340. The van der Waals surface area contributed by atoms with Crippen molar-refractivity contribution in [1.29, 1.82) is 0 Å². The lowest BCUT2D eigenvalue weighted by atomic mass is 10.1. The second-order valence-corrected chi connectivity index (χ2v) is 9.72. The van der Waals surface area contributed by atoms with Crippen molar-refractivity contribution in [2.24, 2.45) is 5.10 Å². The number of thiophene rings is 1. The average Bonchev–Trinajstić information content (AvgIpc) is 3.52. The number of carbonyl (C=O) groups is 1. The van der Waals surface area contributed by atoms with Crippen molar-refractivity contribution in [2.45, 2.75) is 11.1 Å². The predicted molar refractivity (Wildman–Crippen MR) is 127 cm³/mol. The van der Waals surface area contributed by atoms with Crippen LogP contribution in [0.15, 0.2) is 99.9 Å². The molecule has 0 atom stereocenters. The number of benzene rings is 2. The fourth-order valence-electron chi connectivity index (χ4n) is 3.02. The van der Waals surface area contributed by atoms with Crippen LogP contribution in [0.25, 0.3) is 5.69 Å². The number of carbonyl (C=O) groups excluding carboxylic acids is 1. The van der Waals surface area contributed by atoms with E-state index in [9.17, 15) is 13.2 Å². The van der Waals surface area contributed by atoms with Crippen LogP contribution >= 0.6 is 11.3 Å². The van der Waals surface area contributed by atoms with Gasteiger partial charge in [0.15, 0.2) is 0 Å². The Hall–Kier alpha value is -3.69. The van der Waals surface area contributed by atoms with Crippen LogP contribution in [0.1, 0.15) is 22.8 Å². The van der Waals surface area contributed by atoms with Gasteiger partial charge in [-0.25, -0.2) is 13.8 Å². The summed E-state index contributed by atoms with van der Waals surface area (Å²) in [6, 6.07) is 21.2. The number of rotatable bonds is 7. The summed E-state index contributed by atoms with van der Waals surface area (Å²) in [6.07, 6.45) is 3.92. The Kier molecular flexibility index (Phi) is 6.20. The summed E-state index contributed by atoms with van der Waals surface area (Å²) in [5.74, 6) is -0.516. The van der Waals surface area contributed by atoms with E-state index in [1.54, 1.807) is 36.6 Å². The lowest BCUT2D eigenvalue weighted by Gasteiger charge is -2.11. The quantitative estimate of drug-likeness (QED) is 0.312. The van der Waals surface area contributed by atoms with Gasteiger partial charge in [0.1, 0.15) is 4.21 Å². The Morgan fingerprint density at radius 3 is 2.34 bits per heavy atom. The Morgan fingerprint density at radius 2 is 1.66 bits per heavy atom. The van der Waals surface area contributed by atoms with Crippen LogP contribution in [0.3, 0.4) is 0 Å². The van der Waals surface area contributed by atoms with Crippen molar-refractivity contribution in [2.75, 3.05) is 4.72 Å². The van der Waals surface area contributed by atoms with E-state index in [4.69, 9.17) is 0 Å². The monoisotopic (exact) mass is 464 g/mol. The zero-order valence-electron chi connectivity index (χ0n) is 17.1. The number of amides is 1. The summed E-state index contributed by atoms with van der Waals surface area (Å²) in [4.78, 5) is 12.7. The van der Waals surface area contributed by atoms with E-state index in [0.717, 1.165) is 22.6 Å². The number of aromatic nitrogens is 1. The molecule has 0 saturated carbocycles. The zero-order valence-corrected chi connectivity index (χ0v) is 18.7. The van der Waals surface area contributed by atoms with Gasteiger partial charge in [0.2, 0.25) is 0 Å². The highest BCUT2D eigenvalue weighted by molar-refractivity contribution is 7.94. The maximum Gasteiger partial charge on any atom is 0.273 e. The van der Waals surface area contributed by atoms with Crippen molar-refractivity contribution >= 4 is 38.7 Å². The molecule has 2 aromatic heterocycles. The highest BCUT2D eigenvalue weighted by Gasteiger charge is 2.19. The van der Waals surface area contributed by atoms with Crippen molar-refractivity contribution in [3.63, 3.8) is 0 Å². The first-order chi connectivity index (χ1) is 15.4. The highest BCUT2D eigenvalue weighted by Crippen LogP contribution is 2.23. The van der Waals surface area contributed by atoms with Gasteiger partial charge >= 0.3 is 0 Å². The lowest BCUT2D eigenvalue weighted by molar-refractivity contribution is 0.0955. The third-order valence-corrected chi connectivity index (χ3v) is 7.45. The molecule has 0 spiro atoms. The summed E-state index contributed by atoms with van der Waals surface area (Å²) >= 11 is 1.10. The molecule has 0 saturated heterocycles. The largest absolute Gasteiger partial charge is 0.324 e. The molecule has 0 fully saturated rings. The molecule has 4 aromatic rings. The van der Waals surface area contributed by atoms with Crippen molar-refractivity contribution in [3.05, 3.63) is 102 Å². The number of anilines is 1. The standard InChI is InChI=1S/C23H20N4O3S2/c1-17(18-10-12-19(13-11-18)27-14-4-5-15-27)24-25-23(28)20-7-2-3-8-21(20)26-32(29,30)22-9-6-16-31-22/h2-16,26H,1H3,(H,25,28)/b24-17-. The molecule has 2 heterocycles. The maximum atomic E-state index is 12.7. The minimum absolute atomic E-state index is 0.171. The normalized spacial score (nSPS) is 11.8. The minimum atomic E-state index is -3.77. The van der Waals surface area contributed by atoms with Gasteiger partial charge < -0.3 is 4.57 Å². The molecule has 4 rings (SSSR count). The summed E-state index contributed by atoms with van der Waals surface area (Å²) in [7, 11) is -3.77. The molecule has 7 nitrogen and oxygen atoms in total. The van der Waals surface area contributed by atoms with Crippen LogP contribution < -0.4 is 10.1 Å². The van der Waals surface area contributed by atoms with E-state index in [-0.39, 0.29) is 15.5 Å². The van der Waals surface area contributed by atoms with E-state index >= 15 is 0 Å². The molecule has 2 aromatic carbocycles. The van der Waals surface area contributed by atoms with Crippen LogP contribution in [-0.2, 0) is 10.0 Å². The topological polar surface area (TPSA) is 92.6 Å². The molecule has 32 heavy (non-hydrogen) atoms. The van der Waals surface area contributed by atoms with Gasteiger partial charge in [-0.15, -0.1) is 11.3 Å². The minimum Gasteiger partial charge on any atom is -0.324 e. The number of sulfonamides is 1. The third kappa shape index (κ3) is 4.79. The van der Waals surface area contributed by atoms with Gasteiger partial charge in [-0.3, -0.25) is 9.52 Å². The fourth-order valence-corrected chi connectivity index (χ4v) is 5.09. The second kappa shape index (κ2) is 9.21. The van der Waals surface area contributed by atoms with Crippen LogP contribution in [-0.4, -0.2) is 24.6 Å². The molecule has 0 aliphatic carbocycles. The zero-order chi connectivity index (χ0) is 22.6. The van der Waals surface area contributed by atoms with Gasteiger partial charge in [0.05, 0.1) is 17.0 Å².